The van der Waals surface area contributed by atoms with Gasteiger partial charge in [-0.05, 0) is 25.0 Å². The van der Waals surface area contributed by atoms with Crippen molar-refractivity contribution in [2.45, 2.75) is 26.1 Å². The zero-order chi connectivity index (χ0) is 13.6. The molecular formula is C12H17F3N2O. The fourth-order valence-corrected chi connectivity index (χ4v) is 1.66. The lowest BCUT2D eigenvalue weighted by molar-refractivity contribution is -0.147. The number of aromatic nitrogens is 1. The fraction of sp³-hybridized carbons (Fsp3) is 0.583. The van der Waals surface area contributed by atoms with E-state index in [0.717, 1.165) is 5.56 Å². The SMILES string of the molecule is Cc1cccnc1CN(CCCO)CC(F)(F)F. The third kappa shape index (κ3) is 5.46. The van der Waals surface area contributed by atoms with Gasteiger partial charge in [-0.3, -0.25) is 9.88 Å². The molecule has 1 aromatic rings. The molecule has 0 unspecified atom stereocenters. The number of rotatable bonds is 6. The van der Waals surface area contributed by atoms with E-state index in [9.17, 15) is 13.2 Å². The van der Waals surface area contributed by atoms with Crippen LogP contribution in [0.15, 0.2) is 18.3 Å². The van der Waals surface area contributed by atoms with E-state index >= 15 is 0 Å². The Morgan fingerprint density at radius 1 is 1.39 bits per heavy atom. The summed E-state index contributed by atoms with van der Waals surface area (Å²) >= 11 is 0. The molecule has 0 aliphatic carbocycles. The van der Waals surface area contributed by atoms with Gasteiger partial charge in [0.2, 0.25) is 0 Å². The maximum Gasteiger partial charge on any atom is 0.401 e. The van der Waals surface area contributed by atoms with Crippen LogP contribution >= 0.6 is 0 Å². The van der Waals surface area contributed by atoms with E-state index < -0.39 is 12.7 Å². The van der Waals surface area contributed by atoms with Crippen molar-refractivity contribution in [2.75, 3.05) is 19.7 Å². The van der Waals surface area contributed by atoms with Crippen LogP contribution in [0, 0.1) is 6.92 Å². The standard InChI is InChI=1S/C12H17F3N2O/c1-10-4-2-5-16-11(10)8-17(6-3-7-18)9-12(13,14)15/h2,4-5,18H,3,6-9H2,1H3. The molecule has 0 bridgehead atoms. The predicted octanol–water partition coefficient (Wildman–Crippen LogP) is 2.14. The van der Waals surface area contributed by atoms with Gasteiger partial charge in [-0.1, -0.05) is 6.07 Å². The molecule has 6 heteroatoms. The van der Waals surface area contributed by atoms with Crippen LogP contribution in [0.2, 0.25) is 0 Å². The summed E-state index contributed by atoms with van der Waals surface area (Å²) in [7, 11) is 0. The second-order valence-corrected chi connectivity index (χ2v) is 4.17. The zero-order valence-electron chi connectivity index (χ0n) is 10.2. The third-order valence-corrected chi connectivity index (χ3v) is 2.53. The smallest absolute Gasteiger partial charge is 0.396 e. The monoisotopic (exact) mass is 262 g/mol. The number of pyridine rings is 1. The molecule has 0 spiro atoms. The van der Waals surface area contributed by atoms with Crippen molar-refractivity contribution in [1.82, 2.24) is 9.88 Å². The van der Waals surface area contributed by atoms with Crippen LogP contribution in [-0.2, 0) is 6.54 Å². The Hall–Kier alpha value is -1.14. The van der Waals surface area contributed by atoms with Crippen molar-refractivity contribution >= 4 is 0 Å². The number of hydrogen-bond acceptors (Lipinski definition) is 3. The third-order valence-electron chi connectivity index (χ3n) is 2.53. The zero-order valence-corrected chi connectivity index (χ0v) is 10.2. The van der Waals surface area contributed by atoms with Crippen molar-refractivity contribution in [3.05, 3.63) is 29.6 Å². The van der Waals surface area contributed by atoms with Crippen molar-refractivity contribution in [1.29, 1.82) is 0 Å². The highest BCUT2D eigenvalue weighted by Crippen LogP contribution is 2.18. The van der Waals surface area contributed by atoms with Crippen molar-refractivity contribution in [2.24, 2.45) is 0 Å². The molecule has 0 aliphatic heterocycles. The van der Waals surface area contributed by atoms with E-state index in [2.05, 4.69) is 4.98 Å². The number of nitrogens with zero attached hydrogens (tertiary/aromatic N) is 2. The molecule has 0 aromatic carbocycles. The quantitative estimate of drug-likeness (QED) is 0.853. The van der Waals surface area contributed by atoms with Crippen LogP contribution in [-0.4, -0.2) is 40.9 Å². The topological polar surface area (TPSA) is 36.4 Å². The van der Waals surface area contributed by atoms with Gasteiger partial charge in [-0.2, -0.15) is 13.2 Å². The van der Waals surface area contributed by atoms with Gasteiger partial charge < -0.3 is 5.11 Å². The lowest BCUT2D eigenvalue weighted by atomic mass is 10.2. The summed E-state index contributed by atoms with van der Waals surface area (Å²) in [5, 5.41) is 8.71. The van der Waals surface area contributed by atoms with Gasteiger partial charge >= 0.3 is 6.18 Å². The fourth-order valence-electron chi connectivity index (χ4n) is 1.66. The van der Waals surface area contributed by atoms with Crippen molar-refractivity contribution in [3.8, 4) is 0 Å². The summed E-state index contributed by atoms with van der Waals surface area (Å²) in [6, 6.07) is 3.57. The summed E-state index contributed by atoms with van der Waals surface area (Å²) in [4.78, 5) is 5.34. The molecule has 0 amide bonds. The van der Waals surface area contributed by atoms with Gasteiger partial charge in [-0.15, -0.1) is 0 Å². The lowest BCUT2D eigenvalue weighted by Crippen LogP contribution is -2.35. The van der Waals surface area contributed by atoms with Crippen LogP contribution in [0.5, 0.6) is 0 Å². The maximum absolute atomic E-state index is 12.4. The minimum atomic E-state index is -4.24. The summed E-state index contributed by atoms with van der Waals surface area (Å²) in [6.07, 6.45) is -2.35. The van der Waals surface area contributed by atoms with E-state index in [1.54, 1.807) is 12.3 Å². The minimum Gasteiger partial charge on any atom is -0.396 e. The summed E-state index contributed by atoms with van der Waals surface area (Å²) < 4.78 is 37.2. The molecule has 0 aliphatic rings. The molecule has 0 radical (unpaired) electrons. The Labute approximate surface area is 104 Å². The van der Waals surface area contributed by atoms with Gasteiger partial charge in [0.25, 0.3) is 0 Å². The van der Waals surface area contributed by atoms with Crippen LogP contribution in [0.4, 0.5) is 13.2 Å². The van der Waals surface area contributed by atoms with Gasteiger partial charge in [0.15, 0.2) is 0 Å². The number of alkyl halides is 3. The van der Waals surface area contributed by atoms with E-state index in [4.69, 9.17) is 5.11 Å². The molecular weight excluding hydrogens is 245 g/mol. The van der Waals surface area contributed by atoms with E-state index in [1.165, 1.54) is 4.90 Å². The molecule has 1 heterocycles. The average molecular weight is 262 g/mol. The molecule has 18 heavy (non-hydrogen) atoms. The summed E-state index contributed by atoms with van der Waals surface area (Å²) in [5.41, 5.74) is 1.51. The van der Waals surface area contributed by atoms with E-state index in [1.807, 2.05) is 13.0 Å². The second-order valence-electron chi connectivity index (χ2n) is 4.17. The highest BCUT2D eigenvalue weighted by Gasteiger charge is 2.30. The number of aryl methyl sites for hydroxylation is 1. The maximum atomic E-state index is 12.4. The van der Waals surface area contributed by atoms with Crippen molar-refractivity contribution < 1.29 is 18.3 Å². The van der Waals surface area contributed by atoms with Crippen LogP contribution in [0.25, 0.3) is 0 Å². The average Bonchev–Trinajstić information content (AvgIpc) is 2.27. The van der Waals surface area contributed by atoms with Crippen LogP contribution in [0.3, 0.4) is 0 Å². The van der Waals surface area contributed by atoms with Crippen LogP contribution in [0.1, 0.15) is 17.7 Å². The van der Waals surface area contributed by atoms with Gasteiger partial charge in [0, 0.05) is 25.9 Å². The Bertz CT molecular complexity index is 369. The van der Waals surface area contributed by atoms with Crippen LogP contribution < -0.4 is 0 Å². The van der Waals surface area contributed by atoms with E-state index in [0.29, 0.717) is 12.1 Å². The second kappa shape index (κ2) is 6.70. The Morgan fingerprint density at radius 3 is 2.67 bits per heavy atom. The van der Waals surface area contributed by atoms with Gasteiger partial charge in [-0.25, -0.2) is 0 Å². The number of hydrogen-bond donors (Lipinski definition) is 1. The van der Waals surface area contributed by atoms with E-state index in [-0.39, 0.29) is 19.7 Å². The Morgan fingerprint density at radius 2 is 2.11 bits per heavy atom. The summed E-state index contributed by atoms with van der Waals surface area (Å²) in [6.45, 7) is 1.07. The molecule has 3 nitrogen and oxygen atoms in total. The molecule has 0 saturated heterocycles. The number of halogens is 3. The lowest BCUT2D eigenvalue weighted by Gasteiger charge is -2.23. The molecule has 0 fully saturated rings. The minimum absolute atomic E-state index is 0.116. The molecule has 0 atom stereocenters. The molecule has 1 rings (SSSR count). The molecule has 102 valence electrons. The molecule has 0 saturated carbocycles. The van der Waals surface area contributed by atoms with Gasteiger partial charge in [0.1, 0.15) is 0 Å². The highest BCUT2D eigenvalue weighted by atomic mass is 19.4. The Kier molecular flexibility index (Phi) is 5.55. The van der Waals surface area contributed by atoms with Gasteiger partial charge in [0.05, 0.1) is 12.2 Å². The predicted molar refractivity (Wildman–Crippen MR) is 62.0 cm³/mol. The van der Waals surface area contributed by atoms with Crippen molar-refractivity contribution in [3.63, 3.8) is 0 Å². The molecule has 1 aromatic heterocycles. The highest BCUT2D eigenvalue weighted by molar-refractivity contribution is 5.17. The largest absolute Gasteiger partial charge is 0.401 e. The first kappa shape index (κ1) is 14.9. The number of aliphatic hydroxyl groups excluding tert-OH is 1. The molecule has 1 N–H and O–H groups in total. The first-order valence-electron chi connectivity index (χ1n) is 5.73. The number of aliphatic hydroxyl groups is 1. The first-order chi connectivity index (χ1) is 8.42. The Balaban J connectivity index is 2.69. The summed E-state index contributed by atoms with van der Waals surface area (Å²) in [5.74, 6) is 0. The normalized spacial score (nSPS) is 12.1. The first-order valence-corrected chi connectivity index (χ1v) is 5.73.